The van der Waals surface area contributed by atoms with Gasteiger partial charge in [-0.1, -0.05) is 48.5 Å². The molecule has 158 valence electrons. The Morgan fingerprint density at radius 1 is 1.03 bits per heavy atom. The van der Waals surface area contributed by atoms with E-state index in [0.29, 0.717) is 11.1 Å². The molecule has 0 saturated carbocycles. The van der Waals surface area contributed by atoms with Gasteiger partial charge in [0.1, 0.15) is 0 Å². The third-order valence-corrected chi connectivity index (χ3v) is 5.14. The summed E-state index contributed by atoms with van der Waals surface area (Å²) in [5, 5.41) is 3.18. The molecule has 8 heteroatoms. The van der Waals surface area contributed by atoms with Gasteiger partial charge in [0.15, 0.2) is 6.10 Å². The molecule has 0 spiro atoms. The van der Waals surface area contributed by atoms with Gasteiger partial charge in [-0.3, -0.25) is 19.3 Å². The number of para-hydroxylation sites is 1. The molecule has 0 radical (unpaired) electrons. The van der Waals surface area contributed by atoms with Gasteiger partial charge in [0.25, 0.3) is 0 Å². The molecule has 1 aliphatic rings. The zero-order chi connectivity index (χ0) is 21.8. The Morgan fingerprint density at radius 3 is 2.52 bits per heavy atom. The molecule has 1 aliphatic heterocycles. The van der Waals surface area contributed by atoms with Crippen LogP contribution in [0.25, 0.3) is 10.9 Å². The molecule has 1 aromatic heterocycles. The van der Waals surface area contributed by atoms with E-state index in [1.807, 2.05) is 30.3 Å². The number of nitrogens with zero attached hydrogens (tertiary/aromatic N) is 1. The van der Waals surface area contributed by atoms with Crippen LogP contribution < -0.4 is 5.32 Å². The van der Waals surface area contributed by atoms with Crippen molar-refractivity contribution in [1.82, 2.24) is 15.2 Å². The Bertz CT molecular complexity index is 1120. The topological polar surface area (TPSA) is 109 Å². The standard InChI is InChI=1S/C23H21N3O5/c27-19-14-25-23(30)26(19)12-6-11-20(28)31-22(15-7-2-1-3-8-15)21(29)17-13-24-18-10-5-4-9-16(17)18/h1-5,7-10,13,22,24H,6,11-12,14H2,(H,25,30)/t22-/m0/s1. The lowest BCUT2D eigenvalue weighted by Crippen LogP contribution is -2.32. The van der Waals surface area contributed by atoms with E-state index in [0.717, 1.165) is 15.8 Å². The zero-order valence-electron chi connectivity index (χ0n) is 16.7. The second-order valence-electron chi connectivity index (χ2n) is 7.20. The maximum Gasteiger partial charge on any atom is 0.324 e. The molecule has 3 aromatic rings. The molecule has 4 rings (SSSR count). The number of hydrogen-bond acceptors (Lipinski definition) is 5. The van der Waals surface area contributed by atoms with Gasteiger partial charge in [-0.05, 0) is 12.5 Å². The number of ketones is 1. The molecule has 0 bridgehead atoms. The number of nitrogens with one attached hydrogen (secondary N) is 2. The number of benzene rings is 2. The molecule has 1 atom stereocenters. The Balaban J connectivity index is 1.48. The number of hydrogen-bond donors (Lipinski definition) is 2. The van der Waals surface area contributed by atoms with Crippen molar-refractivity contribution < 1.29 is 23.9 Å². The van der Waals surface area contributed by atoms with Gasteiger partial charge in [0, 0.05) is 41.2 Å². The number of Topliss-reactive ketones (excluding diaryl/α,β-unsaturated/α-hetero) is 1. The van der Waals surface area contributed by atoms with E-state index >= 15 is 0 Å². The van der Waals surface area contributed by atoms with Crippen molar-refractivity contribution in [1.29, 1.82) is 0 Å². The number of rotatable bonds is 8. The van der Waals surface area contributed by atoms with Crippen LogP contribution >= 0.6 is 0 Å². The highest BCUT2D eigenvalue weighted by atomic mass is 16.5. The quantitative estimate of drug-likeness (QED) is 0.332. The first-order valence-corrected chi connectivity index (χ1v) is 9.97. The number of aromatic amines is 1. The zero-order valence-corrected chi connectivity index (χ0v) is 16.7. The first-order valence-electron chi connectivity index (χ1n) is 9.97. The molecule has 8 nitrogen and oxygen atoms in total. The van der Waals surface area contributed by atoms with Crippen molar-refractivity contribution in [2.45, 2.75) is 18.9 Å². The highest BCUT2D eigenvalue weighted by Gasteiger charge is 2.30. The van der Waals surface area contributed by atoms with Crippen LogP contribution in [0.4, 0.5) is 4.79 Å². The minimum atomic E-state index is -1.09. The third-order valence-electron chi connectivity index (χ3n) is 5.14. The van der Waals surface area contributed by atoms with Gasteiger partial charge < -0.3 is 15.0 Å². The maximum atomic E-state index is 13.3. The predicted octanol–water partition coefficient (Wildman–Crippen LogP) is 2.97. The van der Waals surface area contributed by atoms with Gasteiger partial charge in [-0.15, -0.1) is 0 Å². The largest absolute Gasteiger partial charge is 0.449 e. The van der Waals surface area contributed by atoms with Crippen LogP contribution in [0.15, 0.2) is 60.8 Å². The minimum absolute atomic E-state index is 0.0262. The molecule has 1 fully saturated rings. The molecule has 0 aliphatic carbocycles. The molecule has 2 N–H and O–H groups in total. The Kier molecular flexibility index (Phi) is 5.79. The molecule has 3 amide bonds. The first-order chi connectivity index (χ1) is 15.0. The van der Waals surface area contributed by atoms with Crippen LogP contribution in [0.2, 0.25) is 0 Å². The van der Waals surface area contributed by atoms with Crippen molar-refractivity contribution in [3.8, 4) is 0 Å². The van der Waals surface area contributed by atoms with Crippen molar-refractivity contribution >= 4 is 34.6 Å². The number of aromatic nitrogens is 1. The van der Waals surface area contributed by atoms with Crippen LogP contribution in [0, 0.1) is 0 Å². The summed E-state index contributed by atoms with van der Waals surface area (Å²) in [6.07, 6.45) is 0.751. The summed E-state index contributed by atoms with van der Waals surface area (Å²) in [5.41, 5.74) is 1.83. The molecule has 2 heterocycles. The van der Waals surface area contributed by atoms with Gasteiger partial charge in [-0.25, -0.2) is 4.79 Å². The maximum absolute atomic E-state index is 13.3. The van der Waals surface area contributed by atoms with Crippen molar-refractivity contribution in [3.63, 3.8) is 0 Å². The number of amides is 3. The lowest BCUT2D eigenvalue weighted by atomic mass is 9.99. The van der Waals surface area contributed by atoms with E-state index < -0.39 is 18.1 Å². The summed E-state index contributed by atoms with van der Waals surface area (Å²) in [7, 11) is 0. The van der Waals surface area contributed by atoms with E-state index in [1.165, 1.54) is 0 Å². The number of urea groups is 1. The van der Waals surface area contributed by atoms with Gasteiger partial charge >= 0.3 is 12.0 Å². The second-order valence-corrected chi connectivity index (χ2v) is 7.20. The van der Waals surface area contributed by atoms with Crippen molar-refractivity contribution in [2.75, 3.05) is 13.1 Å². The average molecular weight is 419 g/mol. The average Bonchev–Trinajstić information content (AvgIpc) is 3.36. The molecule has 1 saturated heterocycles. The van der Waals surface area contributed by atoms with Crippen molar-refractivity contribution in [2.24, 2.45) is 0 Å². The summed E-state index contributed by atoms with van der Waals surface area (Å²) in [6.45, 7) is 0.0879. The van der Waals surface area contributed by atoms with Gasteiger partial charge in [0.05, 0.1) is 6.54 Å². The summed E-state index contributed by atoms with van der Waals surface area (Å²) in [5.74, 6) is -1.23. The van der Waals surface area contributed by atoms with E-state index in [9.17, 15) is 19.2 Å². The summed E-state index contributed by atoms with van der Waals surface area (Å²) in [6, 6.07) is 15.8. The van der Waals surface area contributed by atoms with Crippen LogP contribution in [-0.4, -0.2) is 46.7 Å². The van der Waals surface area contributed by atoms with Crippen LogP contribution in [0.1, 0.15) is 34.9 Å². The van der Waals surface area contributed by atoms with E-state index in [1.54, 1.807) is 30.5 Å². The van der Waals surface area contributed by atoms with E-state index in [2.05, 4.69) is 10.3 Å². The monoisotopic (exact) mass is 419 g/mol. The van der Waals surface area contributed by atoms with E-state index in [-0.39, 0.29) is 37.6 Å². The number of H-pyrrole nitrogens is 1. The fourth-order valence-corrected chi connectivity index (χ4v) is 3.57. The van der Waals surface area contributed by atoms with Gasteiger partial charge in [0.2, 0.25) is 11.7 Å². The second kappa shape index (κ2) is 8.83. The number of esters is 1. The first kappa shape index (κ1) is 20.3. The minimum Gasteiger partial charge on any atom is -0.449 e. The highest BCUT2D eigenvalue weighted by Crippen LogP contribution is 2.27. The lowest BCUT2D eigenvalue weighted by Gasteiger charge is -2.18. The normalized spacial score (nSPS) is 14.5. The van der Waals surface area contributed by atoms with E-state index in [4.69, 9.17) is 4.74 Å². The number of carbonyl (C=O) groups is 4. The number of ether oxygens (including phenoxy) is 1. The number of fused-ring (bicyclic) bond motifs is 1. The van der Waals surface area contributed by atoms with Crippen LogP contribution in [0.5, 0.6) is 0 Å². The number of carbonyl (C=O) groups excluding carboxylic acids is 4. The summed E-state index contributed by atoms with van der Waals surface area (Å²) >= 11 is 0. The smallest absolute Gasteiger partial charge is 0.324 e. The fraction of sp³-hybridized carbons (Fsp3) is 0.217. The SMILES string of the molecule is O=C(CCCN1C(=O)CNC1=O)O[C@H](C(=O)c1c[nH]c2ccccc12)c1ccccc1. The molecule has 2 aromatic carbocycles. The van der Waals surface area contributed by atoms with Crippen molar-refractivity contribution in [3.05, 3.63) is 71.9 Å². The molecular formula is C23H21N3O5. The Labute approximate surface area is 178 Å². The highest BCUT2D eigenvalue weighted by molar-refractivity contribution is 6.10. The predicted molar refractivity (Wildman–Crippen MR) is 112 cm³/mol. The Hall–Kier alpha value is -3.94. The summed E-state index contributed by atoms with van der Waals surface area (Å²) < 4.78 is 5.58. The van der Waals surface area contributed by atoms with Crippen LogP contribution in [0.3, 0.4) is 0 Å². The third kappa shape index (κ3) is 4.32. The van der Waals surface area contributed by atoms with Crippen LogP contribution in [-0.2, 0) is 14.3 Å². The fourth-order valence-electron chi connectivity index (χ4n) is 3.57. The molecular weight excluding hydrogens is 398 g/mol. The number of imide groups is 1. The summed E-state index contributed by atoms with van der Waals surface area (Å²) in [4.78, 5) is 53.2. The molecule has 0 unspecified atom stereocenters. The molecule has 31 heavy (non-hydrogen) atoms. The lowest BCUT2D eigenvalue weighted by molar-refractivity contribution is -0.147. The Morgan fingerprint density at radius 2 is 1.77 bits per heavy atom. The van der Waals surface area contributed by atoms with Gasteiger partial charge in [-0.2, -0.15) is 0 Å².